The van der Waals surface area contributed by atoms with E-state index in [1.807, 2.05) is 62.4 Å². The quantitative estimate of drug-likeness (QED) is 0.343. The molecule has 1 aromatic heterocycles. The second kappa shape index (κ2) is 10.1. The molecule has 1 unspecified atom stereocenters. The molecule has 1 amide bonds. The van der Waals surface area contributed by atoms with Gasteiger partial charge < -0.3 is 15.4 Å². The SMILES string of the molecule is CCCCSc1nc2n(n1)C(c1ccccc1OC)C(C(=O)Nc1cccc(C)c1)=C(C)N2. The molecule has 0 saturated carbocycles. The van der Waals surface area contributed by atoms with Gasteiger partial charge in [0.05, 0.1) is 12.7 Å². The van der Waals surface area contributed by atoms with Crippen LogP contribution >= 0.6 is 11.8 Å². The van der Waals surface area contributed by atoms with Gasteiger partial charge in [0.15, 0.2) is 0 Å². The van der Waals surface area contributed by atoms with Crippen molar-refractivity contribution in [3.05, 3.63) is 70.9 Å². The minimum absolute atomic E-state index is 0.192. The normalized spacial score (nSPS) is 15.1. The van der Waals surface area contributed by atoms with Crippen molar-refractivity contribution in [1.82, 2.24) is 14.8 Å². The van der Waals surface area contributed by atoms with E-state index in [1.165, 1.54) is 0 Å². The zero-order valence-corrected chi connectivity index (χ0v) is 20.2. The predicted molar refractivity (Wildman–Crippen MR) is 133 cm³/mol. The van der Waals surface area contributed by atoms with E-state index < -0.39 is 6.04 Å². The van der Waals surface area contributed by atoms with Crippen molar-refractivity contribution in [3.8, 4) is 5.75 Å². The summed E-state index contributed by atoms with van der Waals surface area (Å²) in [6.07, 6.45) is 2.21. The number of unbranched alkanes of at least 4 members (excludes halogenated alkanes) is 1. The lowest BCUT2D eigenvalue weighted by atomic mass is 9.94. The van der Waals surface area contributed by atoms with Crippen LogP contribution in [-0.4, -0.2) is 33.5 Å². The van der Waals surface area contributed by atoms with Crippen LogP contribution in [0.1, 0.15) is 43.9 Å². The summed E-state index contributed by atoms with van der Waals surface area (Å²) in [6.45, 7) is 6.06. The zero-order valence-electron chi connectivity index (χ0n) is 19.4. The number of carbonyl (C=O) groups excluding carboxylic acids is 1. The Balaban J connectivity index is 1.76. The molecule has 0 aliphatic carbocycles. The van der Waals surface area contributed by atoms with E-state index in [2.05, 4.69) is 17.6 Å². The van der Waals surface area contributed by atoms with Crippen molar-refractivity contribution >= 4 is 29.3 Å². The number of amides is 1. The number of aromatic nitrogens is 3. The number of methoxy groups -OCH3 is 1. The Morgan fingerprint density at radius 3 is 2.79 bits per heavy atom. The van der Waals surface area contributed by atoms with Gasteiger partial charge in [-0.05, 0) is 44.0 Å². The number of nitrogens with zero attached hydrogens (tertiary/aromatic N) is 3. The van der Waals surface area contributed by atoms with E-state index in [-0.39, 0.29) is 5.91 Å². The van der Waals surface area contributed by atoms with Crippen LogP contribution in [0.2, 0.25) is 0 Å². The van der Waals surface area contributed by atoms with E-state index in [0.29, 0.717) is 22.4 Å². The Labute approximate surface area is 198 Å². The Morgan fingerprint density at radius 2 is 2.03 bits per heavy atom. The zero-order chi connectivity index (χ0) is 23.4. The molecule has 33 heavy (non-hydrogen) atoms. The first-order valence-electron chi connectivity index (χ1n) is 11.1. The van der Waals surface area contributed by atoms with E-state index in [1.54, 1.807) is 23.6 Å². The molecule has 2 heterocycles. The molecule has 3 aromatic rings. The fourth-order valence-electron chi connectivity index (χ4n) is 3.90. The first-order chi connectivity index (χ1) is 16.0. The number of rotatable bonds is 8. The minimum Gasteiger partial charge on any atom is -0.496 e. The van der Waals surface area contributed by atoms with Crippen molar-refractivity contribution < 1.29 is 9.53 Å². The number of anilines is 2. The second-order valence-corrected chi connectivity index (χ2v) is 9.06. The van der Waals surface area contributed by atoms with Crippen molar-refractivity contribution in [2.45, 2.75) is 44.8 Å². The Kier molecular flexibility index (Phi) is 7.03. The summed E-state index contributed by atoms with van der Waals surface area (Å²) in [5.74, 6) is 2.07. The molecule has 1 atom stereocenters. The Bertz CT molecular complexity index is 1190. The van der Waals surface area contributed by atoms with Gasteiger partial charge in [-0.25, -0.2) is 4.68 Å². The lowest BCUT2D eigenvalue weighted by Gasteiger charge is -2.29. The van der Waals surface area contributed by atoms with Crippen molar-refractivity contribution in [1.29, 1.82) is 0 Å². The number of aryl methyl sites for hydroxylation is 1. The van der Waals surface area contributed by atoms with Gasteiger partial charge in [-0.1, -0.05) is 55.4 Å². The standard InChI is InChI=1S/C25H29N5O2S/c1-5-6-14-33-25-28-24-26-17(3)21(23(31)27-18-11-9-10-16(2)15-18)22(30(24)29-25)19-12-7-8-13-20(19)32-4/h7-13,15,22H,5-6,14H2,1-4H3,(H,27,31)(H,26,28,29). The van der Waals surface area contributed by atoms with Gasteiger partial charge in [0.2, 0.25) is 11.1 Å². The largest absolute Gasteiger partial charge is 0.496 e. The molecular weight excluding hydrogens is 434 g/mol. The molecule has 1 aliphatic rings. The van der Waals surface area contributed by atoms with Crippen molar-refractivity contribution in [2.75, 3.05) is 23.5 Å². The van der Waals surface area contributed by atoms with Gasteiger partial charge in [0.1, 0.15) is 11.8 Å². The maximum atomic E-state index is 13.6. The van der Waals surface area contributed by atoms with Crippen LogP contribution in [0.25, 0.3) is 0 Å². The number of benzene rings is 2. The number of ether oxygens (including phenoxy) is 1. The third-order valence-corrected chi connectivity index (χ3v) is 6.44. The highest BCUT2D eigenvalue weighted by atomic mass is 32.2. The summed E-state index contributed by atoms with van der Waals surface area (Å²) in [5, 5.41) is 11.8. The molecule has 1 aliphatic heterocycles. The maximum absolute atomic E-state index is 13.6. The van der Waals surface area contributed by atoms with Crippen LogP contribution in [0.15, 0.2) is 65.0 Å². The number of hydrogen-bond acceptors (Lipinski definition) is 6. The summed E-state index contributed by atoms with van der Waals surface area (Å²) in [6, 6.07) is 15.0. The van der Waals surface area contributed by atoms with Crippen LogP contribution in [0.4, 0.5) is 11.6 Å². The number of para-hydroxylation sites is 1. The highest BCUT2D eigenvalue weighted by Crippen LogP contribution is 2.40. The van der Waals surface area contributed by atoms with E-state index in [9.17, 15) is 4.79 Å². The third kappa shape index (κ3) is 4.90. The molecule has 2 aromatic carbocycles. The second-order valence-electron chi connectivity index (χ2n) is 8.00. The van der Waals surface area contributed by atoms with E-state index in [4.69, 9.17) is 14.8 Å². The molecule has 7 nitrogen and oxygen atoms in total. The third-order valence-electron chi connectivity index (χ3n) is 5.52. The van der Waals surface area contributed by atoms with Crippen LogP contribution in [-0.2, 0) is 4.79 Å². The number of fused-ring (bicyclic) bond motifs is 1. The van der Waals surface area contributed by atoms with Crippen LogP contribution in [0, 0.1) is 6.92 Å². The van der Waals surface area contributed by atoms with Gasteiger partial charge in [-0.15, -0.1) is 5.10 Å². The molecule has 172 valence electrons. The lowest BCUT2D eigenvalue weighted by Crippen LogP contribution is -2.31. The molecule has 8 heteroatoms. The van der Waals surface area contributed by atoms with Gasteiger partial charge in [0.25, 0.3) is 5.91 Å². The Hall–Kier alpha value is -3.26. The van der Waals surface area contributed by atoms with Crippen molar-refractivity contribution in [2.24, 2.45) is 0 Å². The number of nitrogens with one attached hydrogen (secondary N) is 2. The number of carbonyl (C=O) groups is 1. The molecule has 0 spiro atoms. The average molecular weight is 464 g/mol. The summed E-state index contributed by atoms with van der Waals surface area (Å²) < 4.78 is 7.45. The lowest BCUT2D eigenvalue weighted by molar-refractivity contribution is -0.113. The maximum Gasteiger partial charge on any atom is 0.255 e. The van der Waals surface area contributed by atoms with Gasteiger partial charge in [-0.3, -0.25) is 4.79 Å². The highest BCUT2D eigenvalue weighted by molar-refractivity contribution is 7.99. The van der Waals surface area contributed by atoms with Crippen LogP contribution in [0.3, 0.4) is 0 Å². The first-order valence-corrected chi connectivity index (χ1v) is 12.1. The highest BCUT2D eigenvalue weighted by Gasteiger charge is 2.36. The minimum atomic E-state index is -0.477. The van der Waals surface area contributed by atoms with Crippen molar-refractivity contribution in [3.63, 3.8) is 0 Å². The fourth-order valence-corrected chi connectivity index (χ4v) is 4.81. The van der Waals surface area contributed by atoms with E-state index in [0.717, 1.165) is 41.1 Å². The summed E-state index contributed by atoms with van der Waals surface area (Å²) in [5.41, 5.74) is 3.99. The molecule has 0 bridgehead atoms. The monoisotopic (exact) mass is 463 g/mol. The Morgan fingerprint density at radius 1 is 1.21 bits per heavy atom. The van der Waals surface area contributed by atoms with Gasteiger partial charge >= 0.3 is 0 Å². The molecular formula is C25H29N5O2S. The van der Waals surface area contributed by atoms with Crippen LogP contribution < -0.4 is 15.4 Å². The summed E-state index contributed by atoms with van der Waals surface area (Å²) in [7, 11) is 1.64. The van der Waals surface area contributed by atoms with Gasteiger partial charge in [0, 0.05) is 22.7 Å². The number of allylic oxidation sites excluding steroid dienone is 1. The summed E-state index contributed by atoms with van der Waals surface area (Å²) >= 11 is 1.63. The topological polar surface area (TPSA) is 81.1 Å². The van der Waals surface area contributed by atoms with Gasteiger partial charge in [-0.2, -0.15) is 4.98 Å². The average Bonchev–Trinajstić information content (AvgIpc) is 3.20. The smallest absolute Gasteiger partial charge is 0.255 e. The first kappa shape index (κ1) is 22.9. The molecule has 0 saturated heterocycles. The molecule has 0 radical (unpaired) electrons. The van der Waals surface area contributed by atoms with E-state index >= 15 is 0 Å². The number of thioether (sulfide) groups is 1. The molecule has 4 rings (SSSR count). The fraction of sp³-hybridized carbons (Fsp3) is 0.320. The predicted octanol–water partition coefficient (Wildman–Crippen LogP) is 5.41. The molecule has 2 N–H and O–H groups in total. The number of hydrogen-bond donors (Lipinski definition) is 2. The molecule has 0 fully saturated rings. The van der Waals surface area contributed by atoms with Crippen LogP contribution in [0.5, 0.6) is 5.75 Å². The summed E-state index contributed by atoms with van der Waals surface area (Å²) in [4.78, 5) is 18.3.